The number of anilines is 1. The number of nitrogens with two attached hydrogens (primary N) is 1. The fraction of sp³-hybridized carbons (Fsp3) is 0.417. The molecule has 0 atom stereocenters. The van der Waals surface area contributed by atoms with Crippen LogP contribution in [-0.4, -0.2) is 19.1 Å². The first-order valence-electron chi connectivity index (χ1n) is 5.59. The van der Waals surface area contributed by atoms with Crippen LogP contribution in [0.5, 0.6) is 5.75 Å². The van der Waals surface area contributed by atoms with Crippen LogP contribution in [0.25, 0.3) is 0 Å². The molecule has 94 valence electrons. The normalized spacial score (nSPS) is 10.1. The standard InChI is InChI=1S/C12H17ClN2O2/c1-2-17-11-6-5-9(13)8-10(11)15-12(16)4-3-7-14/h5-6,8H,2-4,7,14H2,1H3,(H,15,16). The van der Waals surface area contributed by atoms with Gasteiger partial charge in [0.25, 0.3) is 0 Å². The fourth-order valence-corrected chi connectivity index (χ4v) is 1.53. The number of carbonyl (C=O) groups excluding carboxylic acids is 1. The highest BCUT2D eigenvalue weighted by atomic mass is 35.5. The largest absolute Gasteiger partial charge is 0.492 e. The Bertz CT molecular complexity index is 383. The summed E-state index contributed by atoms with van der Waals surface area (Å²) >= 11 is 5.88. The van der Waals surface area contributed by atoms with E-state index >= 15 is 0 Å². The van der Waals surface area contributed by atoms with Crippen molar-refractivity contribution in [3.8, 4) is 5.75 Å². The van der Waals surface area contributed by atoms with Crippen molar-refractivity contribution < 1.29 is 9.53 Å². The molecule has 0 radical (unpaired) electrons. The Kier molecular flexibility index (Phi) is 5.80. The van der Waals surface area contributed by atoms with Gasteiger partial charge >= 0.3 is 0 Å². The van der Waals surface area contributed by atoms with Crippen molar-refractivity contribution in [2.45, 2.75) is 19.8 Å². The zero-order chi connectivity index (χ0) is 12.7. The van der Waals surface area contributed by atoms with E-state index in [2.05, 4.69) is 5.32 Å². The van der Waals surface area contributed by atoms with Gasteiger partial charge in [-0.2, -0.15) is 0 Å². The first-order chi connectivity index (χ1) is 8.17. The number of halogens is 1. The molecule has 4 nitrogen and oxygen atoms in total. The number of amides is 1. The van der Waals surface area contributed by atoms with Gasteiger partial charge in [0.1, 0.15) is 5.75 Å². The summed E-state index contributed by atoms with van der Waals surface area (Å²) in [5.74, 6) is 0.539. The Morgan fingerprint density at radius 3 is 2.94 bits per heavy atom. The number of hydrogen-bond acceptors (Lipinski definition) is 3. The van der Waals surface area contributed by atoms with E-state index in [-0.39, 0.29) is 5.91 Å². The van der Waals surface area contributed by atoms with E-state index in [4.69, 9.17) is 22.1 Å². The van der Waals surface area contributed by atoms with Crippen LogP contribution >= 0.6 is 11.6 Å². The monoisotopic (exact) mass is 256 g/mol. The lowest BCUT2D eigenvalue weighted by Crippen LogP contribution is -2.14. The molecule has 1 rings (SSSR count). The minimum absolute atomic E-state index is 0.0846. The first-order valence-corrected chi connectivity index (χ1v) is 5.97. The number of hydrogen-bond donors (Lipinski definition) is 2. The van der Waals surface area contributed by atoms with E-state index in [1.807, 2.05) is 6.92 Å². The molecule has 1 amide bonds. The molecule has 0 saturated carbocycles. The Morgan fingerprint density at radius 1 is 1.53 bits per heavy atom. The van der Waals surface area contributed by atoms with Crippen molar-refractivity contribution in [3.63, 3.8) is 0 Å². The molecule has 0 fully saturated rings. The number of carbonyl (C=O) groups is 1. The van der Waals surface area contributed by atoms with Gasteiger partial charge in [0.15, 0.2) is 0 Å². The predicted molar refractivity (Wildman–Crippen MR) is 69.5 cm³/mol. The van der Waals surface area contributed by atoms with Crippen LogP contribution in [0, 0.1) is 0 Å². The maximum Gasteiger partial charge on any atom is 0.224 e. The van der Waals surface area contributed by atoms with Crippen molar-refractivity contribution in [2.24, 2.45) is 5.73 Å². The quantitative estimate of drug-likeness (QED) is 0.822. The van der Waals surface area contributed by atoms with Gasteiger partial charge in [0, 0.05) is 11.4 Å². The summed E-state index contributed by atoms with van der Waals surface area (Å²) in [5.41, 5.74) is 5.94. The molecule has 3 N–H and O–H groups in total. The molecule has 17 heavy (non-hydrogen) atoms. The molecule has 5 heteroatoms. The molecule has 1 aromatic rings. The van der Waals surface area contributed by atoms with E-state index < -0.39 is 0 Å². The van der Waals surface area contributed by atoms with Crippen LogP contribution in [0.2, 0.25) is 5.02 Å². The Labute approximate surface area is 106 Å². The van der Waals surface area contributed by atoms with Gasteiger partial charge in [-0.15, -0.1) is 0 Å². The lowest BCUT2D eigenvalue weighted by atomic mass is 10.2. The van der Waals surface area contributed by atoms with Gasteiger partial charge in [0.2, 0.25) is 5.91 Å². The van der Waals surface area contributed by atoms with E-state index in [0.717, 1.165) is 0 Å². The lowest BCUT2D eigenvalue weighted by molar-refractivity contribution is -0.116. The summed E-state index contributed by atoms with van der Waals surface area (Å²) < 4.78 is 5.40. The van der Waals surface area contributed by atoms with E-state index in [1.165, 1.54) is 0 Å². The molecule has 0 aliphatic carbocycles. The molecule has 0 bridgehead atoms. The molecular formula is C12H17ClN2O2. The van der Waals surface area contributed by atoms with Crippen LogP contribution in [0.3, 0.4) is 0 Å². The number of benzene rings is 1. The first kappa shape index (κ1) is 13.8. The zero-order valence-electron chi connectivity index (χ0n) is 9.83. The Balaban J connectivity index is 2.73. The number of nitrogens with one attached hydrogen (secondary N) is 1. The van der Waals surface area contributed by atoms with Gasteiger partial charge in [-0.3, -0.25) is 4.79 Å². The highest BCUT2D eigenvalue weighted by molar-refractivity contribution is 6.31. The fourth-order valence-electron chi connectivity index (χ4n) is 1.36. The number of ether oxygens (including phenoxy) is 1. The summed E-state index contributed by atoms with van der Waals surface area (Å²) in [5, 5.41) is 3.32. The molecule has 0 heterocycles. The zero-order valence-corrected chi connectivity index (χ0v) is 10.6. The maximum atomic E-state index is 11.6. The third-order valence-electron chi connectivity index (χ3n) is 2.12. The molecular weight excluding hydrogens is 240 g/mol. The van der Waals surface area contributed by atoms with Crippen molar-refractivity contribution in [3.05, 3.63) is 23.2 Å². The highest BCUT2D eigenvalue weighted by Crippen LogP contribution is 2.28. The highest BCUT2D eigenvalue weighted by Gasteiger charge is 2.08. The van der Waals surface area contributed by atoms with Gasteiger partial charge in [-0.25, -0.2) is 0 Å². The minimum atomic E-state index is -0.0846. The summed E-state index contributed by atoms with van der Waals surface area (Å²) in [6, 6.07) is 5.14. The van der Waals surface area contributed by atoms with E-state index in [1.54, 1.807) is 18.2 Å². The van der Waals surface area contributed by atoms with Crippen molar-refractivity contribution in [2.75, 3.05) is 18.5 Å². The van der Waals surface area contributed by atoms with Crippen LogP contribution in [0.15, 0.2) is 18.2 Å². The molecule has 0 saturated heterocycles. The summed E-state index contributed by atoms with van der Waals surface area (Å²) in [6.45, 7) is 2.92. The second kappa shape index (κ2) is 7.14. The molecule has 0 aromatic heterocycles. The molecule has 0 spiro atoms. The van der Waals surface area contributed by atoms with Crippen LogP contribution in [0.1, 0.15) is 19.8 Å². The molecule has 0 unspecified atom stereocenters. The van der Waals surface area contributed by atoms with Gasteiger partial charge in [-0.05, 0) is 38.1 Å². The summed E-state index contributed by atoms with van der Waals surface area (Å²) in [6.07, 6.45) is 1.06. The van der Waals surface area contributed by atoms with Crippen LogP contribution in [-0.2, 0) is 4.79 Å². The summed E-state index contributed by atoms with van der Waals surface area (Å²) in [7, 11) is 0. The van der Waals surface area contributed by atoms with Crippen molar-refractivity contribution >= 4 is 23.2 Å². The molecule has 1 aromatic carbocycles. The second-order valence-corrected chi connectivity index (χ2v) is 3.95. The third-order valence-corrected chi connectivity index (χ3v) is 2.36. The Morgan fingerprint density at radius 2 is 2.29 bits per heavy atom. The smallest absolute Gasteiger partial charge is 0.224 e. The predicted octanol–water partition coefficient (Wildman–Crippen LogP) is 2.42. The average Bonchev–Trinajstić information content (AvgIpc) is 2.30. The molecule has 0 aliphatic heterocycles. The third kappa shape index (κ3) is 4.63. The minimum Gasteiger partial charge on any atom is -0.492 e. The van der Waals surface area contributed by atoms with Gasteiger partial charge in [0.05, 0.1) is 12.3 Å². The lowest BCUT2D eigenvalue weighted by Gasteiger charge is -2.11. The maximum absolute atomic E-state index is 11.6. The average molecular weight is 257 g/mol. The van der Waals surface area contributed by atoms with Crippen molar-refractivity contribution in [1.82, 2.24) is 0 Å². The topological polar surface area (TPSA) is 64.3 Å². The van der Waals surface area contributed by atoms with Crippen LogP contribution in [0.4, 0.5) is 5.69 Å². The van der Waals surface area contributed by atoms with E-state index in [9.17, 15) is 4.79 Å². The Hall–Kier alpha value is -1.26. The number of rotatable bonds is 6. The van der Waals surface area contributed by atoms with Crippen LogP contribution < -0.4 is 15.8 Å². The van der Waals surface area contributed by atoms with Crippen molar-refractivity contribution in [1.29, 1.82) is 0 Å². The van der Waals surface area contributed by atoms with Gasteiger partial charge < -0.3 is 15.8 Å². The molecule has 0 aliphatic rings. The SMILES string of the molecule is CCOc1ccc(Cl)cc1NC(=O)CCCN. The van der Waals surface area contributed by atoms with E-state index in [0.29, 0.717) is 42.5 Å². The summed E-state index contributed by atoms with van der Waals surface area (Å²) in [4.78, 5) is 11.6. The van der Waals surface area contributed by atoms with Gasteiger partial charge in [-0.1, -0.05) is 11.6 Å². The second-order valence-electron chi connectivity index (χ2n) is 3.51.